The highest BCUT2D eigenvalue weighted by Gasteiger charge is 2.34. The minimum Gasteiger partial charge on any atom is -0.325 e. The molecule has 0 radical (unpaired) electrons. The van der Waals surface area contributed by atoms with Crippen molar-refractivity contribution >= 4 is 39.3 Å². The highest BCUT2D eigenvalue weighted by Crippen LogP contribution is 2.23. The molecule has 2 aromatic carbocycles. The lowest BCUT2D eigenvalue weighted by Crippen LogP contribution is -2.30. The average Bonchev–Trinajstić information content (AvgIpc) is 2.91. The Morgan fingerprint density at radius 1 is 0.852 bits per heavy atom. The zero-order chi connectivity index (χ0) is 19.2. The topological polar surface area (TPSA) is 66.5 Å². The molecule has 0 spiro atoms. The van der Waals surface area contributed by atoms with Crippen molar-refractivity contribution in [3.05, 3.63) is 64.1 Å². The van der Waals surface area contributed by atoms with Gasteiger partial charge in [0, 0.05) is 17.4 Å². The van der Waals surface area contributed by atoms with Crippen molar-refractivity contribution in [2.45, 2.75) is 32.1 Å². The monoisotopic (exact) mass is 428 g/mol. The number of carbonyl (C=O) groups is 3. The molecule has 0 aliphatic carbocycles. The van der Waals surface area contributed by atoms with Gasteiger partial charge in [-0.1, -0.05) is 37.1 Å². The van der Waals surface area contributed by atoms with Gasteiger partial charge in [0.25, 0.3) is 11.8 Å². The fourth-order valence-electron chi connectivity index (χ4n) is 3.13. The molecule has 1 heterocycles. The van der Waals surface area contributed by atoms with Gasteiger partial charge in [-0.15, -0.1) is 0 Å². The number of nitrogens with zero attached hydrogens (tertiary/aromatic N) is 1. The molecule has 5 nitrogen and oxygen atoms in total. The highest BCUT2D eigenvalue weighted by atomic mass is 79.9. The van der Waals surface area contributed by atoms with Crippen LogP contribution in [0.2, 0.25) is 0 Å². The summed E-state index contributed by atoms with van der Waals surface area (Å²) in [6.07, 6.45) is 3.73. The summed E-state index contributed by atoms with van der Waals surface area (Å²) >= 11 is 3.41. The Labute approximate surface area is 166 Å². The zero-order valence-corrected chi connectivity index (χ0v) is 16.5. The van der Waals surface area contributed by atoms with Crippen molar-refractivity contribution in [3.63, 3.8) is 0 Å². The third-order valence-corrected chi connectivity index (χ3v) is 5.25. The number of para-hydroxylation sites is 1. The maximum atomic E-state index is 12.3. The fraction of sp³-hybridized carbons (Fsp3) is 0.286. The van der Waals surface area contributed by atoms with Crippen LogP contribution in [0.25, 0.3) is 0 Å². The van der Waals surface area contributed by atoms with Crippen LogP contribution in [0.1, 0.15) is 52.8 Å². The summed E-state index contributed by atoms with van der Waals surface area (Å²) in [5.41, 5.74) is 1.76. The fourth-order valence-corrected chi connectivity index (χ4v) is 3.51. The van der Waals surface area contributed by atoms with Crippen molar-refractivity contribution in [1.82, 2.24) is 4.90 Å². The number of hydrogen-bond acceptors (Lipinski definition) is 3. The van der Waals surface area contributed by atoms with Crippen molar-refractivity contribution in [2.24, 2.45) is 0 Å². The zero-order valence-electron chi connectivity index (χ0n) is 14.9. The largest absolute Gasteiger partial charge is 0.325 e. The maximum absolute atomic E-state index is 12.3. The molecule has 27 heavy (non-hydrogen) atoms. The molecular formula is C21H21BrN2O3. The molecule has 2 aromatic rings. The summed E-state index contributed by atoms with van der Waals surface area (Å²) in [5, 5.41) is 2.88. The molecular weight excluding hydrogens is 408 g/mol. The Morgan fingerprint density at radius 3 is 2.11 bits per heavy atom. The Kier molecular flexibility index (Phi) is 6.40. The lowest BCUT2D eigenvalue weighted by atomic mass is 10.1. The van der Waals surface area contributed by atoms with Gasteiger partial charge in [-0.25, -0.2) is 0 Å². The van der Waals surface area contributed by atoms with Crippen LogP contribution in [-0.4, -0.2) is 29.2 Å². The van der Waals surface area contributed by atoms with Crippen molar-refractivity contribution in [2.75, 3.05) is 11.9 Å². The van der Waals surface area contributed by atoms with E-state index in [2.05, 4.69) is 21.2 Å². The SMILES string of the molecule is O=C(CCCCCCN1C(=O)c2ccccc2C1=O)Nc1ccccc1Br. The van der Waals surface area contributed by atoms with Crippen LogP contribution >= 0.6 is 15.9 Å². The summed E-state index contributed by atoms with van der Waals surface area (Å²) in [6.45, 7) is 0.426. The van der Waals surface area contributed by atoms with Gasteiger partial charge in [0.1, 0.15) is 0 Å². The van der Waals surface area contributed by atoms with Crippen LogP contribution in [0.5, 0.6) is 0 Å². The first-order valence-electron chi connectivity index (χ1n) is 9.07. The molecule has 3 rings (SSSR count). The quantitative estimate of drug-likeness (QED) is 0.491. The molecule has 1 aliphatic rings. The van der Waals surface area contributed by atoms with Gasteiger partial charge in [0.2, 0.25) is 5.91 Å². The number of carbonyl (C=O) groups excluding carboxylic acids is 3. The van der Waals surface area contributed by atoms with Gasteiger partial charge in [-0.2, -0.15) is 0 Å². The predicted molar refractivity (Wildman–Crippen MR) is 108 cm³/mol. The van der Waals surface area contributed by atoms with Gasteiger partial charge < -0.3 is 5.32 Å². The number of fused-ring (bicyclic) bond motifs is 1. The second-order valence-corrected chi connectivity index (χ2v) is 7.35. The predicted octanol–water partition coefficient (Wildman–Crippen LogP) is 4.63. The molecule has 0 saturated heterocycles. The molecule has 0 fully saturated rings. The van der Waals surface area contributed by atoms with Gasteiger partial charge >= 0.3 is 0 Å². The standard InChI is InChI=1S/C21H21BrN2O3/c22-17-11-6-7-12-18(17)23-19(25)13-3-1-2-8-14-24-20(26)15-9-4-5-10-16(15)21(24)27/h4-7,9-12H,1-3,8,13-14H2,(H,23,25). The van der Waals surface area contributed by atoms with E-state index in [9.17, 15) is 14.4 Å². The van der Waals surface area contributed by atoms with E-state index < -0.39 is 0 Å². The normalized spacial score (nSPS) is 13.0. The summed E-state index contributed by atoms with van der Waals surface area (Å²) in [7, 11) is 0. The van der Waals surface area contributed by atoms with E-state index in [-0.39, 0.29) is 17.7 Å². The Bertz CT molecular complexity index is 831. The molecule has 0 atom stereocenters. The van der Waals surface area contributed by atoms with E-state index in [0.29, 0.717) is 24.1 Å². The van der Waals surface area contributed by atoms with E-state index in [0.717, 1.165) is 35.8 Å². The van der Waals surface area contributed by atoms with E-state index >= 15 is 0 Å². The first-order valence-corrected chi connectivity index (χ1v) is 9.87. The second-order valence-electron chi connectivity index (χ2n) is 6.50. The maximum Gasteiger partial charge on any atom is 0.261 e. The third-order valence-electron chi connectivity index (χ3n) is 4.56. The van der Waals surface area contributed by atoms with Crippen LogP contribution < -0.4 is 5.32 Å². The molecule has 140 valence electrons. The van der Waals surface area contributed by atoms with E-state index in [1.807, 2.05) is 24.3 Å². The molecule has 0 bridgehead atoms. The van der Waals surface area contributed by atoms with Crippen molar-refractivity contribution in [3.8, 4) is 0 Å². The molecule has 1 N–H and O–H groups in total. The third kappa shape index (κ3) is 4.63. The van der Waals surface area contributed by atoms with Gasteiger partial charge in [-0.3, -0.25) is 19.3 Å². The first kappa shape index (κ1) is 19.3. The van der Waals surface area contributed by atoms with Crippen molar-refractivity contribution in [1.29, 1.82) is 0 Å². The van der Waals surface area contributed by atoms with E-state index in [1.54, 1.807) is 24.3 Å². The molecule has 0 unspecified atom stereocenters. The van der Waals surface area contributed by atoms with Crippen LogP contribution in [0, 0.1) is 0 Å². The summed E-state index contributed by atoms with van der Waals surface area (Å²) < 4.78 is 0.860. The van der Waals surface area contributed by atoms with E-state index in [1.165, 1.54) is 4.90 Å². The lowest BCUT2D eigenvalue weighted by Gasteiger charge is -2.13. The second kappa shape index (κ2) is 8.95. The lowest BCUT2D eigenvalue weighted by molar-refractivity contribution is -0.116. The van der Waals surface area contributed by atoms with Gasteiger partial charge in [0.15, 0.2) is 0 Å². The van der Waals surface area contributed by atoms with Gasteiger partial charge in [0.05, 0.1) is 16.8 Å². The van der Waals surface area contributed by atoms with Crippen LogP contribution in [-0.2, 0) is 4.79 Å². The highest BCUT2D eigenvalue weighted by molar-refractivity contribution is 9.10. The molecule has 1 aliphatic heterocycles. The number of amides is 3. The van der Waals surface area contributed by atoms with Gasteiger partial charge in [-0.05, 0) is 53.0 Å². The Balaban J connectivity index is 1.35. The molecule has 0 saturated carbocycles. The number of anilines is 1. The summed E-state index contributed by atoms with van der Waals surface area (Å²) in [5.74, 6) is -0.422. The number of rotatable bonds is 8. The minimum absolute atomic E-state index is 0.0118. The Morgan fingerprint density at radius 2 is 1.44 bits per heavy atom. The molecule has 3 amide bonds. The van der Waals surface area contributed by atoms with E-state index in [4.69, 9.17) is 0 Å². The summed E-state index contributed by atoms with van der Waals surface area (Å²) in [6, 6.07) is 14.4. The minimum atomic E-state index is -0.205. The number of unbranched alkanes of at least 4 members (excludes halogenated alkanes) is 3. The van der Waals surface area contributed by atoms with Crippen LogP contribution in [0.4, 0.5) is 5.69 Å². The van der Waals surface area contributed by atoms with Crippen LogP contribution in [0.3, 0.4) is 0 Å². The smallest absolute Gasteiger partial charge is 0.261 e. The number of nitrogens with one attached hydrogen (secondary N) is 1. The molecule has 0 aromatic heterocycles. The number of hydrogen-bond donors (Lipinski definition) is 1. The molecule has 6 heteroatoms. The Hall–Kier alpha value is -2.47. The van der Waals surface area contributed by atoms with Crippen molar-refractivity contribution < 1.29 is 14.4 Å². The number of imide groups is 1. The number of benzene rings is 2. The van der Waals surface area contributed by atoms with Crippen LogP contribution in [0.15, 0.2) is 53.0 Å². The summed E-state index contributed by atoms with van der Waals surface area (Å²) in [4.78, 5) is 37.8. The average molecular weight is 429 g/mol. The number of halogens is 1. The first-order chi connectivity index (χ1) is 13.1.